The summed E-state index contributed by atoms with van der Waals surface area (Å²) in [5.41, 5.74) is 8.77. The lowest BCUT2D eigenvalue weighted by Crippen LogP contribution is -2.10. The quantitative estimate of drug-likeness (QED) is 0.714. The Labute approximate surface area is 141 Å². The van der Waals surface area contributed by atoms with Crippen LogP contribution < -0.4 is 10.5 Å². The standard InChI is InChI=1S/C19H22N4O/c1-19(2,3)14-6-4-13(5-7-14)18-21-17(22-23-18)12-24-16-10-8-15(20)9-11-16/h4-11H,12,20H2,1-3H3,(H,21,22,23). The molecular formula is C19H22N4O. The number of aromatic nitrogens is 3. The van der Waals surface area contributed by atoms with E-state index in [0.29, 0.717) is 23.9 Å². The van der Waals surface area contributed by atoms with E-state index in [9.17, 15) is 0 Å². The number of hydrogen-bond donors (Lipinski definition) is 2. The highest BCUT2D eigenvalue weighted by Crippen LogP contribution is 2.24. The Bertz CT molecular complexity index is 799. The van der Waals surface area contributed by atoms with Crippen LogP contribution in [0.25, 0.3) is 11.4 Å². The van der Waals surface area contributed by atoms with Gasteiger partial charge in [0.1, 0.15) is 12.4 Å². The number of anilines is 1. The van der Waals surface area contributed by atoms with Crippen molar-refractivity contribution in [2.75, 3.05) is 5.73 Å². The molecule has 24 heavy (non-hydrogen) atoms. The van der Waals surface area contributed by atoms with Gasteiger partial charge in [-0.1, -0.05) is 45.0 Å². The second kappa shape index (κ2) is 6.35. The summed E-state index contributed by atoms with van der Waals surface area (Å²) in [6.45, 7) is 6.92. The first-order valence-corrected chi connectivity index (χ1v) is 7.92. The molecule has 124 valence electrons. The van der Waals surface area contributed by atoms with Gasteiger partial charge in [-0.05, 0) is 35.2 Å². The molecule has 0 spiro atoms. The van der Waals surface area contributed by atoms with Crippen LogP contribution in [0.3, 0.4) is 0 Å². The molecule has 2 aromatic carbocycles. The minimum Gasteiger partial charge on any atom is -0.486 e. The molecule has 0 aliphatic carbocycles. The molecular weight excluding hydrogens is 300 g/mol. The Hall–Kier alpha value is -2.82. The van der Waals surface area contributed by atoms with Gasteiger partial charge in [0.05, 0.1) is 0 Å². The lowest BCUT2D eigenvalue weighted by Gasteiger charge is -2.18. The third-order valence-corrected chi connectivity index (χ3v) is 3.80. The lowest BCUT2D eigenvalue weighted by molar-refractivity contribution is 0.296. The van der Waals surface area contributed by atoms with Crippen molar-refractivity contribution in [3.05, 3.63) is 59.9 Å². The SMILES string of the molecule is CC(C)(C)c1ccc(-c2n[nH]c(COc3ccc(N)cc3)n2)cc1. The van der Waals surface area contributed by atoms with Crippen LogP contribution in [0.5, 0.6) is 5.75 Å². The first kappa shape index (κ1) is 16.1. The highest BCUT2D eigenvalue weighted by molar-refractivity contribution is 5.55. The molecule has 0 amide bonds. The third-order valence-electron chi connectivity index (χ3n) is 3.80. The second-order valence-electron chi connectivity index (χ2n) is 6.79. The molecule has 3 rings (SSSR count). The molecule has 0 unspecified atom stereocenters. The maximum atomic E-state index is 5.67. The van der Waals surface area contributed by atoms with E-state index in [0.717, 1.165) is 11.3 Å². The van der Waals surface area contributed by atoms with Crippen molar-refractivity contribution in [1.29, 1.82) is 0 Å². The number of nitrogen functional groups attached to an aromatic ring is 1. The predicted octanol–water partition coefficient (Wildman–Crippen LogP) is 3.93. The highest BCUT2D eigenvalue weighted by atomic mass is 16.5. The third kappa shape index (κ3) is 3.74. The fraction of sp³-hybridized carbons (Fsp3) is 0.263. The van der Waals surface area contributed by atoms with Crippen LogP contribution in [-0.4, -0.2) is 15.2 Å². The number of rotatable bonds is 4. The molecule has 3 aromatic rings. The van der Waals surface area contributed by atoms with E-state index in [-0.39, 0.29) is 5.41 Å². The number of ether oxygens (including phenoxy) is 1. The van der Waals surface area contributed by atoms with Gasteiger partial charge in [-0.2, -0.15) is 5.10 Å². The van der Waals surface area contributed by atoms with E-state index >= 15 is 0 Å². The Morgan fingerprint density at radius 2 is 1.67 bits per heavy atom. The fourth-order valence-corrected chi connectivity index (χ4v) is 2.32. The van der Waals surface area contributed by atoms with Gasteiger partial charge in [0.25, 0.3) is 0 Å². The van der Waals surface area contributed by atoms with E-state index in [1.807, 2.05) is 24.3 Å². The summed E-state index contributed by atoms with van der Waals surface area (Å²) in [4.78, 5) is 4.49. The zero-order valence-corrected chi connectivity index (χ0v) is 14.2. The molecule has 3 N–H and O–H groups in total. The number of H-pyrrole nitrogens is 1. The minimum atomic E-state index is 0.135. The largest absolute Gasteiger partial charge is 0.486 e. The Kier molecular flexibility index (Phi) is 4.25. The maximum absolute atomic E-state index is 5.67. The second-order valence-corrected chi connectivity index (χ2v) is 6.79. The van der Waals surface area contributed by atoms with E-state index in [1.54, 1.807) is 12.1 Å². The molecule has 5 nitrogen and oxygen atoms in total. The molecule has 1 aromatic heterocycles. The number of nitrogens with two attached hydrogens (primary N) is 1. The van der Waals surface area contributed by atoms with Gasteiger partial charge in [-0.15, -0.1) is 0 Å². The summed E-state index contributed by atoms with van der Waals surface area (Å²) in [5.74, 6) is 2.10. The van der Waals surface area contributed by atoms with Crippen molar-refractivity contribution in [1.82, 2.24) is 15.2 Å². The number of aromatic amines is 1. The van der Waals surface area contributed by atoms with E-state index in [4.69, 9.17) is 10.5 Å². The summed E-state index contributed by atoms with van der Waals surface area (Å²) in [7, 11) is 0. The number of nitrogens with zero attached hydrogens (tertiary/aromatic N) is 2. The zero-order valence-electron chi connectivity index (χ0n) is 14.2. The molecule has 0 saturated heterocycles. The van der Waals surface area contributed by atoms with Crippen molar-refractivity contribution in [2.45, 2.75) is 32.8 Å². The maximum Gasteiger partial charge on any atom is 0.181 e. The summed E-state index contributed by atoms with van der Waals surface area (Å²) >= 11 is 0. The van der Waals surface area contributed by atoms with E-state index in [2.05, 4.69) is 48.1 Å². The van der Waals surface area contributed by atoms with Gasteiger partial charge in [0.15, 0.2) is 11.6 Å². The predicted molar refractivity (Wildman–Crippen MR) is 95.7 cm³/mol. The molecule has 0 fully saturated rings. The van der Waals surface area contributed by atoms with Crippen LogP contribution in [0, 0.1) is 0 Å². The van der Waals surface area contributed by atoms with Gasteiger partial charge in [-0.25, -0.2) is 4.98 Å². The fourth-order valence-electron chi connectivity index (χ4n) is 2.32. The molecule has 0 atom stereocenters. The van der Waals surface area contributed by atoms with Crippen molar-refractivity contribution in [3.8, 4) is 17.1 Å². The smallest absolute Gasteiger partial charge is 0.181 e. The first-order chi connectivity index (χ1) is 11.4. The monoisotopic (exact) mass is 322 g/mol. The van der Waals surface area contributed by atoms with Crippen molar-refractivity contribution in [3.63, 3.8) is 0 Å². The molecule has 0 bridgehead atoms. The van der Waals surface area contributed by atoms with Gasteiger partial charge >= 0.3 is 0 Å². The summed E-state index contributed by atoms with van der Waals surface area (Å²) in [6, 6.07) is 15.6. The van der Waals surface area contributed by atoms with Crippen LogP contribution >= 0.6 is 0 Å². The molecule has 0 radical (unpaired) electrons. The Morgan fingerprint density at radius 3 is 2.29 bits per heavy atom. The van der Waals surface area contributed by atoms with Gasteiger partial charge in [0.2, 0.25) is 0 Å². The van der Waals surface area contributed by atoms with Crippen LogP contribution in [0.15, 0.2) is 48.5 Å². The molecule has 0 aliphatic rings. The molecule has 0 aliphatic heterocycles. The van der Waals surface area contributed by atoms with Crippen molar-refractivity contribution in [2.24, 2.45) is 0 Å². The van der Waals surface area contributed by atoms with Crippen molar-refractivity contribution >= 4 is 5.69 Å². The van der Waals surface area contributed by atoms with E-state index in [1.165, 1.54) is 5.56 Å². The minimum absolute atomic E-state index is 0.135. The van der Waals surface area contributed by atoms with Gasteiger partial charge in [-0.3, -0.25) is 5.10 Å². The number of hydrogen-bond acceptors (Lipinski definition) is 4. The average molecular weight is 322 g/mol. The molecule has 1 heterocycles. The molecule has 5 heteroatoms. The lowest BCUT2D eigenvalue weighted by atomic mass is 9.87. The Balaban J connectivity index is 1.68. The first-order valence-electron chi connectivity index (χ1n) is 7.92. The molecule has 0 saturated carbocycles. The normalized spacial score (nSPS) is 11.5. The summed E-state index contributed by atoms with van der Waals surface area (Å²) in [5, 5.41) is 7.19. The van der Waals surface area contributed by atoms with Crippen LogP contribution in [0.2, 0.25) is 0 Å². The van der Waals surface area contributed by atoms with E-state index < -0.39 is 0 Å². The van der Waals surface area contributed by atoms with Gasteiger partial charge < -0.3 is 10.5 Å². The van der Waals surface area contributed by atoms with Crippen LogP contribution in [0.1, 0.15) is 32.2 Å². The zero-order chi connectivity index (χ0) is 17.2. The van der Waals surface area contributed by atoms with Crippen LogP contribution in [-0.2, 0) is 12.0 Å². The number of benzene rings is 2. The number of nitrogens with one attached hydrogen (secondary N) is 1. The highest BCUT2D eigenvalue weighted by Gasteiger charge is 2.14. The van der Waals surface area contributed by atoms with Crippen molar-refractivity contribution < 1.29 is 4.74 Å². The van der Waals surface area contributed by atoms with Gasteiger partial charge in [0, 0.05) is 11.3 Å². The topological polar surface area (TPSA) is 76.8 Å². The Morgan fingerprint density at radius 1 is 1.00 bits per heavy atom. The van der Waals surface area contributed by atoms with Crippen LogP contribution in [0.4, 0.5) is 5.69 Å². The summed E-state index contributed by atoms with van der Waals surface area (Å²) in [6.07, 6.45) is 0. The average Bonchev–Trinajstić information content (AvgIpc) is 3.03. The summed E-state index contributed by atoms with van der Waals surface area (Å²) < 4.78 is 5.67.